The van der Waals surface area contributed by atoms with Crippen LogP contribution >= 0.6 is 0 Å². The van der Waals surface area contributed by atoms with Gasteiger partial charge >= 0.3 is 0 Å². The second-order valence-electron chi connectivity index (χ2n) is 2.86. The van der Waals surface area contributed by atoms with Gasteiger partial charge in [0.25, 0.3) is 0 Å². The van der Waals surface area contributed by atoms with Crippen molar-refractivity contribution in [3.63, 3.8) is 0 Å². The lowest BCUT2D eigenvalue weighted by molar-refractivity contribution is 0.217. The molecule has 0 bridgehead atoms. The van der Waals surface area contributed by atoms with Crippen LogP contribution < -0.4 is 0 Å². The molecule has 0 rings (SSSR count). The summed E-state index contributed by atoms with van der Waals surface area (Å²) in [6.45, 7) is 8.61. The van der Waals surface area contributed by atoms with E-state index in [4.69, 9.17) is 4.74 Å². The molecule has 0 aliphatic heterocycles. The van der Waals surface area contributed by atoms with E-state index in [0.29, 0.717) is 0 Å². The first-order chi connectivity index (χ1) is 6.35. The van der Waals surface area contributed by atoms with Crippen molar-refractivity contribution in [2.24, 2.45) is 0 Å². The lowest BCUT2D eigenvalue weighted by Crippen LogP contribution is -1.92. The van der Waals surface area contributed by atoms with Crippen LogP contribution in [-0.4, -0.2) is 6.61 Å². The van der Waals surface area contributed by atoms with Crippen LogP contribution in [0.2, 0.25) is 0 Å². The highest BCUT2D eigenvalue weighted by atomic mass is 16.5. The maximum atomic E-state index is 5.53. The van der Waals surface area contributed by atoms with Crippen LogP contribution in [0.3, 0.4) is 0 Å². The van der Waals surface area contributed by atoms with Crippen LogP contribution in [0.1, 0.15) is 33.1 Å². The maximum Gasteiger partial charge on any atom is 0.118 e. The Morgan fingerprint density at radius 1 is 1.38 bits per heavy atom. The molecule has 0 saturated heterocycles. The zero-order valence-electron chi connectivity index (χ0n) is 8.75. The van der Waals surface area contributed by atoms with Crippen molar-refractivity contribution in [1.82, 2.24) is 0 Å². The third kappa shape index (κ3) is 7.38. The SMILES string of the molecule is C=C/C=C(\C=C/C)OCCCCC. The van der Waals surface area contributed by atoms with E-state index in [1.54, 1.807) is 6.08 Å². The van der Waals surface area contributed by atoms with Gasteiger partial charge in [-0.05, 0) is 25.5 Å². The van der Waals surface area contributed by atoms with E-state index >= 15 is 0 Å². The Bertz CT molecular complexity index is 178. The molecule has 0 aromatic carbocycles. The third-order valence-electron chi connectivity index (χ3n) is 1.63. The van der Waals surface area contributed by atoms with Gasteiger partial charge in [0.05, 0.1) is 6.61 Å². The summed E-state index contributed by atoms with van der Waals surface area (Å²) < 4.78 is 5.53. The van der Waals surface area contributed by atoms with Crippen molar-refractivity contribution < 1.29 is 4.74 Å². The molecule has 1 nitrogen and oxygen atoms in total. The predicted molar refractivity (Wildman–Crippen MR) is 58.6 cm³/mol. The summed E-state index contributed by atoms with van der Waals surface area (Å²) in [7, 11) is 0. The smallest absolute Gasteiger partial charge is 0.118 e. The zero-order chi connectivity index (χ0) is 9.94. The van der Waals surface area contributed by atoms with Gasteiger partial charge < -0.3 is 4.74 Å². The molecule has 0 fully saturated rings. The van der Waals surface area contributed by atoms with Crippen LogP contribution in [0, 0.1) is 0 Å². The minimum atomic E-state index is 0.803. The van der Waals surface area contributed by atoms with Crippen molar-refractivity contribution in [2.75, 3.05) is 6.61 Å². The number of unbranched alkanes of at least 4 members (excludes halogenated alkanes) is 2. The summed E-state index contributed by atoms with van der Waals surface area (Å²) in [5.41, 5.74) is 0. The summed E-state index contributed by atoms with van der Waals surface area (Å²) in [4.78, 5) is 0. The average molecular weight is 180 g/mol. The fourth-order valence-corrected chi connectivity index (χ4v) is 0.974. The molecule has 0 aromatic rings. The highest BCUT2D eigenvalue weighted by Gasteiger charge is 1.90. The molecule has 0 atom stereocenters. The summed E-state index contributed by atoms with van der Waals surface area (Å²) >= 11 is 0. The second kappa shape index (κ2) is 9.11. The molecular formula is C12H20O. The first kappa shape index (κ1) is 12.0. The predicted octanol–water partition coefficient (Wildman–Crippen LogP) is 3.84. The van der Waals surface area contributed by atoms with Crippen molar-refractivity contribution in [3.05, 3.63) is 36.6 Å². The molecule has 0 aliphatic carbocycles. The van der Waals surface area contributed by atoms with Gasteiger partial charge in [-0.15, -0.1) is 0 Å². The molecule has 0 unspecified atom stereocenters. The highest BCUT2D eigenvalue weighted by Crippen LogP contribution is 2.03. The van der Waals surface area contributed by atoms with Crippen LogP contribution in [0.5, 0.6) is 0 Å². The van der Waals surface area contributed by atoms with E-state index < -0.39 is 0 Å². The van der Waals surface area contributed by atoms with E-state index in [9.17, 15) is 0 Å². The molecule has 0 saturated carbocycles. The summed E-state index contributed by atoms with van der Waals surface area (Å²) in [6, 6.07) is 0. The van der Waals surface area contributed by atoms with E-state index in [1.807, 2.05) is 25.2 Å². The zero-order valence-corrected chi connectivity index (χ0v) is 8.75. The van der Waals surface area contributed by atoms with Crippen molar-refractivity contribution in [1.29, 1.82) is 0 Å². The molecule has 13 heavy (non-hydrogen) atoms. The Labute approximate surface area is 81.8 Å². The van der Waals surface area contributed by atoms with Gasteiger partial charge in [-0.3, -0.25) is 0 Å². The van der Waals surface area contributed by atoms with Crippen LogP contribution in [0.4, 0.5) is 0 Å². The third-order valence-corrected chi connectivity index (χ3v) is 1.63. The molecule has 1 heteroatoms. The molecule has 0 N–H and O–H groups in total. The molecule has 0 aliphatic rings. The quantitative estimate of drug-likeness (QED) is 0.328. The molecule has 0 amide bonds. The van der Waals surface area contributed by atoms with E-state index in [0.717, 1.165) is 18.8 Å². The largest absolute Gasteiger partial charge is 0.494 e. The van der Waals surface area contributed by atoms with Gasteiger partial charge in [-0.1, -0.05) is 38.5 Å². The topological polar surface area (TPSA) is 9.23 Å². The Morgan fingerprint density at radius 2 is 2.15 bits per heavy atom. The Balaban J connectivity index is 3.70. The van der Waals surface area contributed by atoms with Gasteiger partial charge in [0.15, 0.2) is 0 Å². The van der Waals surface area contributed by atoms with Gasteiger partial charge in [0.1, 0.15) is 5.76 Å². The maximum absolute atomic E-state index is 5.53. The van der Waals surface area contributed by atoms with Crippen molar-refractivity contribution >= 4 is 0 Å². The number of allylic oxidation sites excluding steroid dienone is 4. The summed E-state index contributed by atoms with van der Waals surface area (Å²) in [6.07, 6.45) is 11.1. The minimum Gasteiger partial charge on any atom is -0.494 e. The Kier molecular flexibility index (Phi) is 8.42. The number of rotatable bonds is 7. The first-order valence-electron chi connectivity index (χ1n) is 4.93. The fraction of sp³-hybridized carbons (Fsp3) is 0.500. The van der Waals surface area contributed by atoms with Gasteiger partial charge in [0, 0.05) is 0 Å². The van der Waals surface area contributed by atoms with Gasteiger partial charge in [-0.25, -0.2) is 0 Å². The highest BCUT2D eigenvalue weighted by molar-refractivity contribution is 5.16. The second-order valence-corrected chi connectivity index (χ2v) is 2.86. The molecule has 0 spiro atoms. The molecule has 0 radical (unpaired) electrons. The number of hydrogen-bond donors (Lipinski definition) is 0. The molecule has 0 aromatic heterocycles. The summed E-state index contributed by atoms with van der Waals surface area (Å²) in [5, 5.41) is 0. The first-order valence-corrected chi connectivity index (χ1v) is 4.93. The van der Waals surface area contributed by atoms with E-state index in [1.165, 1.54) is 12.8 Å². The minimum absolute atomic E-state index is 0.803. The number of hydrogen-bond acceptors (Lipinski definition) is 1. The van der Waals surface area contributed by atoms with Crippen LogP contribution in [0.15, 0.2) is 36.6 Å². The molecular weight excluding hydrogens is 160 g/mol. The van der Waals surface area contributed by atoms with Crippen LogP contribution in [-0.2, 0) is 4.74 Å². The van der Waals surface area contributed by atoms with E-state index in [-0.39, 0.29) is 0 Å². The van der Waals surface area contributed by atoms with E-state index in [2.05, 4.69) is 13.5 Å². The molecule has 0 heterocycles. The van der Waals surface area contributed by atoms with Crippen molar-refractivity contribution in [2.45, 2.75) is 33.1 Å². The number of ether oxygens (including phenoxy) is 1. The lowest BCUT2D eigenvalue weighted by Gasteiger charge is -2.05. The van der Waals surface area contributed by atoms with Crippen LogP contribution in [0.25, 0.3) is 0 Å². The average Bonchev–Trinajstić information content (AvgIpc) is 2.13. The summed E-state index contributed by atoms with van der Waals surface area (Å²) in [5.74, 6) is 0.897. The normalized spacial score (nSPS) is 12.0. The lowest BCUT2D eigenvalue weighted by atomic mass is 10.3. The fourth-order valence-electron chi connectivity index (χ4n) is 0.974. The standard InChI is InChI=1S/C12H20O/c1-4-7-8-11-13-12(9-5-2)10-6-3/h5-6,9-10H,2,4,7-8,11H2,1,3H3/b10-6-,12-9+. The Hall–Kier alpha value is -0.980. The molecule has 74 valence electrons. The monoisotopic (exact) mass is 180 g/mol. The van der Waals surface area contributed by atoms with Crippen molar-refractivity contribution in [3.8, 4) is 0 Å². The van der Waals surface area contributed by atoms with Gasteiger partial charge in [-0.2, -0.15) is 0 Å². The Morgan fingerprint density at radius 3 is 2.69 bits per heavy atom. The van der Waals surface area contributed by atoms with Gasteiger partial charge in [0.2, 0.25) is 0 Å².